The number of ether oxygens (including phenoxy) is 1. The van der Waals surface area contributed by atoms with Crippen LogP contribution in [0.2, 0.25) is 0 Å². The lowest BCUT2D eigenvalue weighted by Crippen LogP contribution is -2.24. The molecule has 0 fully saturated rings. The number of aromatic nitrogens is 1. The molecule has 0 radical (unpaired) electrons. The maximum absolute atomic E-state index is 11.8. The molecule has 1 aromatic heterocycles. The minimum Gasteiger partial charge on any atom is -0.492 e. The van der Waals surface area contributed by atoms with Crippen molar-refractivity contribution in [2.75, 3.05) is 12.9 Å². The van der Waals surface area contributed by atoms with E-state index in [4.69, 9.17) is 4.74 Å². The molecule has 0 aliphatic rings. The zero-order valence-corrected chi connectivity index (χ0v) is 12.2. The summed E-state index contributed by atoms with van der Waals surface area (Å²) < 4.78 is 6.80. The second-order valence-electron chi connectivity index (χ2n) is 4.17. The van der Waals surface area contributed by atoms with Crippen LogP contribution in [0.4, 0.5) is 5.69 Å². The summed E-state index contributed by atoms with van der Waals surface area (Å²) in [6.07, 6.45) is 3.50. The van der Waals surface area contributed by atoms with E-state index in [0.29, 0.717) is 5.75 Å². The molecule has 0 aliphatic heterocycles. The number of hydrogen-bond acceptors (Lipinski definition) is 5. The minimum atomic E-state index is -0.680. The Balaban J connectivity index is 1.98. The van der Waals surface area contributed by atoms with Gasteiger partial charge in [-0.05, 0) is 36.6 Å². The second kappa shape index (κ2) is 6.94. The monoisotopic (exact) mass is 306 g/mol. The van der Waals surface area contributed by atoms with Crippen LogP contribution in [0.1, 0.15) is 0 Å². The number of nitro groups is 1. The summed E-state index contributed by atoms with van der Waals surface area (Å²) in [5.74, 6) is 0.700. The number of nitrogens with zero attached hydrogens (tertiary/aromatic N) is 2. The average Bonchev–Trinajstić information content (AvgIpc) is 2.49. The predicted molar refractivity (Wildman–Crippen MR) is 81.1 cm³/mol. The normalized spacial score (nSPS) is 10.3. The van der Waals surface area contributed by atoms with Gasteiger partial charge in [0.25, 0.3) is 0 Å². The Hall–Kier alpha value is -2.28. The fourth-order valence-corrected chi connectivity index (χ4v) is 2.18. The molecular weight excluding hydrogens is 292 g/mol. The average molecular weight is 306 g/mol. The number of benzene rings is 1. The van der Waals surface area contributed by atoms with Crippen LogP contribution in [-0.4, -0.2) is 22.4 Å². The van der Waals surface area contributed by atoms with E-state index in [1.165, 1.54) is 22.9 Å². The van der Waals surface area contributed by atoms with Crippen LogP contribution < -0.4 is 10.3 Å². The first-order valence-electron chi connectivity index (χ1n) is 6.22. The van der Waals surface area contributed by atoms with Gasteiger partial charge in [0, 0.05) is 17.2 Å². The second-order valence-corrected chi connectivity index (χ2v) is 5.05. The van der Waals surface area contributed by atoms with Gasteiger partial charge in [-0.25, -0.2) is 0 Å². The summed E-state index contributed by atoms with van der Waals surface area (Å²) in [7, 11) is 0. The Morgan fingerprint density at radius 1 is 1.29 bits per heavy atom. The molecule has 6 nitrogen and oxygen atoms in total. The van der Waals surface area contributed by atoms with Crippen LogP contribution in [0.15, 0.2) is 52.3 Å². The van der Waals surface area contributed by atoms with Gasteiger partial charge in [-0.1, -0.05) is 0 Å². The van der Waals surface area contributed by atoms with E-state index in [-0.39, 0.29) is 13.2 Å². The zero-order chi connectivity index (χ0) is 15.2. The first-order chi connectivity index (χ1) is 10.1. The van der Waals surface area contributed by atoms with E-state index in [9.17, 15) is 14.9 Å². The van der Waals surface area contributed by atoms with Gasteiger partial charge in [0.1, 0.15) is 12.4 Å². The highest BCUT2D eigenvalue weighted by Gasteiger charge is 2.13. The number of rotatable bonds is 6. The molecule has 1 aromatic carbocycles. The van der Waals surface area contributed by atoms with Crippen LogP contribution in [0.5, 0.6) is 5.75 Å². The van der Waals surface area contributed by atoms with Gasteiger partial charge >= 0.3 is 11.2 Å². The highest BCUT2D eigenvalue weighted by molar-refractivity contribution is 7.98. The standard InChI is InChI=1S/C14H14N2O4S/c1-21-12-6-4-11(5-7-12)20-10-9-15-8-2-3-13(14(15)17)16(18)19/h2-8H,9-10H2,1H3. The predicted octanol–water partition coefficient (Wildman–Crippen LogP) is 2.56. The summed E-state index contributed by atoms with van der Waals surface area (Å²) in [4.78, 5) is 22.9. The van der Waals surface area contributed by atoms with Crippen LogP contribution in [0.3, 0.4) is 0 Å². The van der Waals surface area contributed by atoms with Gasteiger partial charge in [-0.2, -0.15) is 0 Å². The summed E-state index contributed by atoms with van der Waals surface area (Å²) in [5.41, 5.74) is -1.05. The Kier molecular flexibility index (Phi) is 4.99. The Bertz CT molecular complexity index is 682. The highest BCUT2D eigenvalue weighted by Crippen LogP contribution is 2.18. The topological polar surface area (TPSA) is 74.4 Å². The van der Waals surface area contributed by atoms with E-state index in [1.807, 2.05) is 30.5 Å². The smallest absolute Gasteiger partial charge is 0.334 e. The lowest BCUT2D eigenvalue weighted by Gasteiger charge is -2.08. The van der Waals surface area contributed by atoms with Crippen molar-refractivity contribution < 1.29 is 9.66 Å². The fraction of sp³-hybridized carbons (Fsp3) is 0.214. The molecule has 0 amide bonds. The van der Waals surface area contributed by atoms with Crippen molar-refractivity contribution in [1.29, 1.82) is 0 Å². The fourth-order valence-electron chi connectivity index (χ4n) is 1.77. The molecule has 0 unspecified atom stereocenters. The summed E-state index contributed by atoms with van der Waals surface area (Å²) >= 11 is 1.64. The summed E-state index contributed by atoms with van der Waals surface area (Å²) in [6.45, 7) is 0.518. The van der Waals surface area contributed by atoms with Crippen LogP contribution >= 0.6 is 11.8 Å². The van der Waals surface area contributed by atoms with E-state index >= 15 is 0 Å². The molecule has 0 bridgehead atoms. The molecule has 0 saturated heterocycles. The van der Waals surface area contributed by atoms with Crippen molar-refractivity contribution in [3.63, 3.8) is 0 Å². The Morgan fingerprint density at radius 3 is 2.62 bits per heavy atom. The first-order valence-corrected chi connectivity index (χ1v) is 7.45. The van der Waals surface area contributed by atoms with E-state index in [1.54, 1.807) is 11.8 Å². The van der Waals surface area contributed by atoms with Gasteiger partial charge < -0.3 is 9.30 Å². The quantitative estimate of drug-likeness (QED) is 0.466. The molecule has 0 saturated carbocycles. The van der Waals surface area contributed by atoms with E-state index in [2.05, 4.69) is 0 Å². The maximum Gasteiger partial charge on any atom is 0.334 e. The molecule has 0 spiro atoms. The molecular formula is C14H14N2O4S. The van der Waals surface area contributed by atoms with Crippen molar-refractivity contribution in [2.45, 2.75) is 11.4 Å². The first kappa shape index (κ1) is 15.1. The molecule has 2 rings (SSSR count). The molecule has 0 aliphatic carbocycles. The molecule has 2 aromatic rings. The summed E-state index contributed by atoms with van der Waals surface area (Å²) in [6, 6.07) is 10.3. The third-order valence-electron chi connectivity index (χ3n) is 2.86. The van der Waals surface area contributed by atoms with Crippen molar-refractivity contribution in [3.05, 3.63) is 63.1 Å². The van der Waals surface area contributed by atoms with Gasteiger partial charge in [-0.3, -0.25) is 14.9 Å². The van der Waals surface area contributed by atoms with Gasteiger partial charge in [0.2, 0.25) is 0 Å². The molecule has 0 atom stereocenters. The van der Waals surface area contributed by atoms with Crippen LogP contribution in [0, 0.1) is 10.1 Å². The lowest BCUT2D eigenvalue weighted by molar-refractivity contribution is -0.386. The lowest BCUT2D eigenvalue weighted by atomic mass is 10.3. The van der Waals surface area contributed by atoms with Gasteiger partial charge in [-0.15, -0.1) is 11.8 Å². The zero-order valence-electron chi connectivity index (χ0n) is 11.4. The van der Waals surface area contributed by atoms with Crippen molar-refractivity contribution in [2.24, 2.45) is 0 Å². The number of hydrogen-bond donors (Lipinski definition) is 0. The Morgan fingerprint density at radius 2 is 2.00 bits per heavy atom. The molecule has 21 heavy (non-hydrogen) atoms. The third kappa shape index (κ3) is 3.85. The van der Waals surface area contributed by atoms with E-state index in [0.717, 1.165) is 4.90 Å². The maximum atomic E-state index is 11.8. The minimum absolute atomic E-state index is 0.255. The SMILES string of the molecule is CSc1ccc(OCCn2cccc([N+](=O)[O-])c2=O)cc1. The largest absolute Gasteiger partial charge is 0.492 e. The Labute approximate surface area is 125 Å². The van der Waals surface area contributed by atoms with Crippen LogP contribution in [0.25, 0.3) is 0 Å². The highest BCUT2D eigenvalue weighted by atomic mass is 32.2. The third-order valence-corrected chi connectivity index (χ3v) is 3.60. The molecule has 7 heteroatoms. The molecule has 1 heterocycles. The molecule has 0 N–H and O–H groups in total. The van der Waals surface area contributed by atoms with Crippen molar-refractivity contribution >= 4 is 17.4 Å². The van der Waals surface area contributed by atoms with Crippen molar-refractivity contribution in [1.82, 2.24) is 4.57 Å². The summed E-state index contributed by atoms with van der Waals surface area (Å²) in [5, 5.41) is 10.7. The van der Waals surface area contributed by atoms with Gasteiger partial charge in [0.15, 0.2) is 0 Å². The van der Waals surface area contributed by atoms with Crippen LogP contribution in [-0.2, 0) is 6.54 Å². The number of thioether (sulfide) groups is 1. The van der Waals surface area contributed by atoms with Crippen molar-refractivity contribution in [3.8, 4) is 5.75 Å². The van der Waals surface area contributed by atoms with Gasteiger partial charge in [0.05, 0.1) is 11.5 Å². The number of pyridine rings is 1. The molecule has 110 valence electrons. The van der Waals surface area contributed by atoms with E-state index < -0.39 is 16.2 Å².